The Morgan fingerprint density at radius 3 is 2.73 bits per heavy atom. The molecule has 0 aliphatic heterocycles. The molecule has 9 heteroatoms. The summed E-state index contributed by atoms with van der Waals surface area (Å²) in [7, 11) is 1.48. The zero-order valence-electron chi connectivity index (χ0n) is 16.2. The molecule has 0 aliphatic rings. The van der Waals surface area contributed by atoms with Gasteiger partial charge in [0.1, 0.15) is 5.75 Å². The van der Waals surface area contributed by atoms with E-state index in [9.17, 15) is 14.7 Å². The Labute approximate surface area is 170 Å². The number of hydrogen-bond acceptors (Lipinski definition) is 7. The van der Waals surface area contributed by atoms with E-state index in [2.05, 4.69) is 9.97 Å². The van der Waals surface area contributed by atoms with Crippen LogP contribution in [-0.4, -0.2) is 40.7 Å². The number of esters is 1. The molecule has 1 aromatic carbocycles. The number of methoxy groups -OCH3 is 1. The smallest absolute Gasteiger partial charge is 0.374 e. The molecule has 3 heterocycles. The molecular weight excluding hydrogens is 392 g/mol. The molecule has 0 unspecified atom stereocenters. The average molecular weight is 410 g/mol. The number of furan rings is 1. The summed E-state index contributed by atoms with van der Waals surface area (Å²) in [5.41, 5.74) is 1.70. The van der Waals surface area contributed by atoms with Gasteiger partial charge in [0.25, 0.3) is 5.95 Å². The lowest BCUT2D eigenvalue weighted by Crippen LogP contribution is -2.07. The Morgan fingerprint density at radius 1 is 1.17 bits per heavy atom. The fourth-order valence-corrected chi connectivity index (χ4v) is 3.32. The zero-order valence-corrected chi connectivity index (χ0v) is 16.2. The monoisotopic (exact) mass is 410 g/mol. The van der Waals surface area contributed by atoms with Crippen LogP contribution in [0.3, 0.4) is 0 Å². The maximum Gasteiger partial charge on any atom is 0.374 e. The summed E-state index contributed by atoms with van der Waals surface area (Å²) in [4.78, 5) is 30.8. The topological polar surface area (TPSA) is 124 Å². The van der Waals surface area contributed by atoms with Crippen molar-refractivity contribution in [3.63, 3.8) is 0 Å². The van der Waals surface area contributed by atoms with E-state index in [1.807, 2.05) is 6.07 Å². The first-order valence-corrected chi connectivity index (χ1v) is 9.12. The third-order valence-corrected chi connectivity index (χ3v) is 4.49. The van der Waals surface area contributed by atoms with Crippen LogP contribution >= 0.6 is 0 Å². The van der Waals surface area contributed by atoms with Gasteiger partial charge in [-0.2, -0.15) is 0 Å². The second kappa shape index (κ2) is 7.88. The molecule has 9 nitrogen and oxygen atoms in total. The number of H-pyrrole nitrogens is 1. The van der Waals surface area contributed by atoms with E-state index in [1.165, 1.54) is 25.4 Å². The second-order valence-electron chi connectivity index (χ2n) is 6.36. The van der Waals surface area contributed by atoms with E-state index >= 15 is 0 Å². The van der Waals surface area contributed by atoms with Crippen molar-refractivity contribution in [1.82, 2.24) is 9.97 Å². The zero-order chi connectivity index (χ0) is 21.3. The van der Waals surface area contributed by atoms with Gasteiger partial charge in [-0.15, -0.1) is 0 Å². The molecule has 4 rings (SSSR count). The molecule has 0 radical (unpaired) electrons. The van der Waals surface area contributed by atoms with Crippen LogP contribution in [0.5, 0.6) is 11.7 Å². The number of nitrogens with one attached hydrogen (secondary N) is 1. The van der Waals surface area contributed by atoms with Crippen LogP contribution in [0.2, 0.25) is 0 Å². The summed E-state index contributed by atoms with van der Waals surface area (Å²) in [5.74, 6) is -1.20. The van der Waals surface area contributed by atoms with Gasteiger partial charge in [-0.05, 0) is 25.1 Å². The number of carboxylic acids is 1. The first-order valence-electron chi connectivity index (χ1n) is 9.12. The van der Waals surface area contributed by atoms with Crippen LogP contribution in [0.1, 0.15) is 33.5 Å². The molecule has 30 heavy (non-hydrogen) atoms. The fraction of sp³-hybridized carbons (Fsp3) is 0.190. The van der Waals surface area contributed by atoms with E-state index in [0.29, 0.717) is 27.6 Å². The molecule has 0 spiro atoms. The Balaban J connectivity index is 1.86. The Morgan fingerprint density at radius 2 is 2.00 bits per heavy atom. The number of pyridine rings is 1. The van der Waals surface area contributed by atoms with Crippen LogP contribution in [0.4, 0.5) is 0 Å². The van der Waals surface area contributed by atoms with Crippen LogP contribution in [0.25, 0.3) is 21.8 Å². The highest BCUT2D eigenvalue weighted by molar-refractivity contribution is 6.13. The maximum absolute atomic E-state index is 11.8. The molecule has 0 amide bonds. The van der Waals surface area contributed by atoms with Gasteiger partial charge in [0.05, 0.1) is 35.8 Å². The van der Waals surface area contributed by atoms with Gasteiger partial charge >= 0.3 is 11.9 Å². The minimum Gasteiger partial charge on any atom is -0.477 e. The predicted molar refractivity (Wildman–Crippen MR) is 106 cm³/mol. The highest BCUT2D eigenvalue weighted by Gasteiger charge is 2.21. The number of aromatic carboxylic acids is 1. The van der Waals surface area contributed by atoms with Gasteiger partial charge in [0.15, 0.2) is 5.69 Å². The lowest BCUT2D eigenvalue weighted by Gasteiger charge is -2.09. The molecule has 0 aliphatic carbocycles. The van der Waals surface area contributed by atoms with Crippen LogP contribution in [0.15, 0.2) is 40.9 Å². The number of carboxylic acid groups (broad SMARTS) is 1. The van der Waals surface area contributed by atoms with Crippen molar-refractivity contribution in [1.29, 1.82) is 0 Å². The van der Waals surface area contributed by atoms with E-state index in [4.69, 9.17) is 18.6 Å². The summed E-state index contributed by atoms with van der Waals surface area (Å²) in [6.45, 7) is 1.99. The maximum atomic E-state index is 11.8. The molecule has 2 N–H and O–H groups in total. The fourth-order valence-electron chi connectivity index (χ4n) is 3.32. The standard InChI is InChI=1S/C21H18N2O7/c1-3-28-21(26)15-7-8-16(30-15)29-14-6-4-5-12-18(14)17-11(10-27-2)19(20(24)25)22-9-13(17)23-12/h4-9,23H,3,10H2,1-2H3,(H,24,25). The molecule has 0 fully saturated rings. The van der Waals surface area contributed by atoms with Gasteiger partial charge in [0.2, 0.25) is 5.76 Å². The van der Waals surface area contributed by atoms with Gasteiger partial charge in [-0.3, -0.25) is 0 Å². The van der Waals surface area contributed by atoms with Crippen molar-refractivity contribution in [3.05, 3.63) is 53.5 Å². The van der Waals surface area contributed by atoms with Crippen LogP contribution < -0.4 is 4.74 Å². The first-order chi connectivity index (χ1) is 14.5. The quantitative estimate of drug-likeness (QED) is 0.436. The van der Waals surface area contributed by atoms with Crippen molar-refractivity contribution in [2.75, 3.05) is 13.7 Å². The van der Waals surface area contributed by atoms with Crippen molar-refractivity contribution >= 4 is 33.7 Å². The van der Waals surface area contributed by atoms with Crippen LogP contribution in [-0.2, 0) is 16.1 Å². The summed E-state index contributed by atoms with van der Waals surface area (Å²) in [6.07, 6.45) is 1.47. The number of hydrogen-bond donors (Lipinski definition) is 2. The Bertz CT molecular complexity index is 1260. The normalized spacial score (nSPS) is 11.1. The number of benzene rings is 1. The molecule has 0 saturated heterocycles. The van der Waals surface area contributed by atoms with E-state index in [0.717, 1.165) is 5.52 Å². The second-order valence-corrected chi connectivity index (χ2v) is 6.36. The number of rotatable bonds is 7. The lowest BCUT2D eigenvalue weighted by molar-refractivity contribution is 0.0484. The molecule has 4 aromatic rings. The SMILES string of the molecule is CCOC(=O)c1ccc(Oc2cccc3[nH]c4cnc(C(=O)O)c(COC)c4c23)o1. The summed E-state index contributed by atoms with van der Waals surface area (Å²) >= 11 is 0. The van der Waals surface area contributed by atoms with Gasteiger partial charge < -0.3 is 28.7 Å². The number of aromatic nitrogens is 2. The third-order valence-electron chi connectivity index (χ3n) is 4.49. The highest BCUT2D eigenvalue weighted by atomic mass is 16.6. The summed E-state index contributed by atoms with van der Waals surface area (Å²) in [5, 5.41) is 10.8. The summed E-state index contributed by atoms with van der Waals surface area (Å²) in [6, 6.07) is 8.32. The predicted octanol–water partition coefficient (Wildman–Crippen LogP) is 4.12. The largest absolute Gasteiger partial charge is 0.477 e. The number of nitrogens with zero attached hydrogens (tertiary/aromatic N) is 1. The molecule has 3 aromatic heterocycles. The third kappa shape index (κ3) is 3.35. The summed E-state index contributed by atoms with van der Waals surface area (Å²) < 4.78 is 21.5. The minimum absolute atomic E-state index is 0.0235. The highest BCUT2D eigenvalue weighted by Crippen LogP contribution is 2.38. The number of fused-ring (bicyclic) bond motifs is 3. The van der Waals surface area contributed by atoms with Gasteiger partial charge in [0, 0.05) is 24.1 Å². The number of carbonyl (C=O) groups is 2. The Hall–Kier alpha value is -3.85. The van der Waals surface area contributed by atoms with E-state index < -0.39 is 11.9 Å². The minimum atomic E-state index is -1.15. The number of aromatic amines is 1. The molecule has 0 atom stereocenters. The molecule has 0 bridgehead atoms. The van der Waals surface area contributed by atoms with E-state index in [-0.39, 0.29) is 30.6 Å². The first kappa shape index (κ1) is 19.5. The van der Waals surface area contributed by atoms with Gasteiger partial charge in [-0.25, -0.2) is 14.6 Å². The number of carbonyl (C=O) groups excluding carboxylic acids is 1. The molecule has 154 valence electrons. The van der Waals surface area contributed by atoms with Crippen molar-refractivity contribution in [2.24, 2.45) is 0 Å². The average Bonchev–Trinajstić information content (AvgIpc) is 3.33. The van der Waals surface area contributed by atoms with E-state index in [1.54, 1.807) is 19.1 Å². The molecular formula is C21H18N2O7. The van der Waals surface area contributed by atoms with Crippen LogP contribution in [0, 0.1) is 0 Å². The molecule has 0 saturated carbocycles. The van der Waals surface area contributed by atoms with Crippen molar-refractivity contribution in [2.45, 2.75) is 13.5 Å². The lowest BCUT2D eigenvalue weighted by atomic mass is 10.1. The number of ether oxygens (including phenoxy) is 3. The van der Waals surface area contributed by atoms with Crippen molar-refractivity contribution in [3.8, 4) is 11.7 Å². The Kier molecular flexibility index (Phi) is 5.11. The van der Waals surface area contributed by atoms with Gasteiger partial charge in [-0.1, -0.05) is 6.07 Å². The van der Waals surface area contributed by atoms with Crippen molar-refractivity contribution < 1.29 is 33.3 Å².